The zero-order chi connectivity index (χ0) is 37.3. The van der Waals surface area contributed by atoms with Gasteiger partial charge >= 0.3 is 5.56 Å². The average molecular weight is 693 g/mol. The van der Waals surface area contributed by atoms with Crippen molar-refractivity contribution in [1.82, 2.24) is 9.55 Å². The van der Waals surface area contributed by atoms with Gasteiger partial charge in [0.15, 0.2) is 11.7 Å². The average Bonchev–Trinajstić information content (AvgIpc) is 3.43. The third-order valence-corrected chi connectivity index (χ3v) is 11.9. The van der Waals surface area contributed by atoms with Gasteiger partial charge in [0, 0.05) is 28.8 Å². The molecule has 0 saturated carbocycles. The zero-order valence-corrected chi connectivity index (χ0v) is 33.0. The summed E-state index contributed by atoms with van der Waals surface area (Å²) in [4.78, 5) is 20.8. The number of rotatable bonds is 8. The molecular formula is C47H56N4O+2. The number of pyridine rings is 2. The maximum absolute atomic E-state index is 15.5. The monoisotopic (exact) mass is 692 g/mol. The minimum Gasteiger partial charge on any atom is -0.241 e. The molecule has 0 N–H and O–H groups in total. The SMILES string of the molecule is C=C[n+]1c2n(c(=O)c3nc(C(C)(C)CC(C)CC)ccc31)C(CC)(CC)C(=C1c3ccccc3-c3cc(CC(C)(C)C)cc[n+]31)c1cccc(C)c1-2. The summed E-state index contributed by atoms with van der Waals surface area (Å²) in [5.74, 6) is 1.43. The van der Waals surface area contributed by atoms with Gasteiger partial charge in [-0.3, -0.25) is 0 Å². The Morgan fingerprint density at radius 3 is 2.27 bits per heavy atom. The molecule has 5 aromatic rings. The number of fused-ring (bicyclic) bond motifs is 7. The fourth-order valence-electron chi connectivity index (χ4n) is 9.31. The molecule has 1 atom stereocenters. The molecule has 5 nitrogen and oxygen atoms in total. The number of aryl methyl sites for hydroxylation is 1. The second kappa shape index (κ2) is 12.8. The van der Waals surface area contributed by atoms with E-state index in [0.29, 0.717) is 11.4 Å². The topological polar surface area (TPSA) is 42.6 Å². The van der Waals surface area contributed by atoms with Gasteiger partial charge < -0.3 is 0 Å². The molecule has 2 aromatic carbocycles. The van der Waals surface area contributed by atoms with Gasteiger partial charge in [0.1, 0.15) is 5.54 Å². The molecule has 0 fully saturated rings. The van der Waals surface area contributed by atoms with Gasteiger partial charge in [-0.05, 0) is 79.3 Å². The van der Waals surface area contributed by atoms with Gasteiger partial charge in [0.25, 0.3) is 5.82 Å². The molecular weight excluding hydrogens is 637 g/mol. The second-order valence-electron chi connectivity index (χ2n) is 17.2. The Labute approximate surface area is 310 Å². The molecule has 0 aliphatic carbocycles. The molecule has 0 spiro atoms. The summed E-state index contributed by atoms with van der Waals surface area (Å²) in [6, 6.07) is 24.3. The van der Waals surface area contributed by atoms with Crippen molar-refractivity contribution < 1.29 is 9.13 Å². The molecule has 3 aromatic heterocycles. The fourth-order valence-corrected chi connectivity index (χ4v) is 9.31. The summed E-state index contributed by atoms with van der Waals surface area (Å²) in [6.07, 6.45) is 8.69. The number of aromatic nitrogens is 4. The molecule has 0 amide bonds. The Morgan fingerprint density at radius 1 is 0.923 bits per heavy atom. The highest BCUT2D eigenvalue weighted by molar-refractivity contribution is 6.01. The van der Waals surface area contributed by atoms with Crippen molar-refractivity contribution in [3.8, 4) is 22.6 Å². The Kier molecular flexibility index (Phi) is 8.79. The van der Waals surface area contributed by atoms with Crippen molar-refractivity contribution >= 4 is 28.5 Å². The van der Waals surface area contributed by atoms with E-state index in [9.17, 15) is 0 Å². The Bertz CT molecular complexity index is 2340. The predicted molar refractivity (Wildman–Crippen MR) is 216 cm³/mol. The Hall–Kier alpha value is -4.64. The molecule has 1 unspecified atom stereocenters. The lowest BCUT2D eigenvalue weighted by Crippen LogP contribution is -2.53. The van der Waals surface area contributed by atoms with Crippen molar-refractivity contribution in [1.29, 1.82) is 0 Å². The summed E-state index contributed by atoms with van der Waals surface area (Å²) in [5.41, 5.74) is 12.2. The lowest BCUT2D eigenvalue weighted by molar-refractivity contribution is -0.562. The van der Waals surface area contributed by atoms with Crippen molar-refractivity contribution in [2.45, 2.75) is 112 Å². The van der Waals surface area contributed by atoms with Crippen LogP contribution >= 0.6 is 0 Å². The van der Waals surface area contributed by atoms with Crippen LogP contribution in [0, 0.1) is 18.3 Å². The maximum atomic E-state index is 15.5. The van der Waals surface area contributed by atoms with E-state index in [-0.39, 0.29) is 16.4 Å². The van der Waals surface area contributed by atoms with Crippen molar-refractivity contribution in [3.05, 3.63) is 118 Å². The number of allylic oxidation sites excluding steroid dienone is 1. The second-order valence-corrected chi connectivity index (χ2v) is 17.2. The minimum atomic E-state index is -0.669. The van der Waals surface area contributed by atoms with Gasteiger partial charge in [-0.1, -0.05) is 106 Å². The lowest BCUT2D eigenvalue weighted by atomic mass is 9.73. The van der Waals surface area contributed by atoms with Gasteiger partial charge in [-0.25, -0.2) is 9.78 Å². The number of nitrogens with zero attached hydrogens (tertiary/aromatic N) is 4. The van der Waals surface area contributed by atoms with Gasteiger partial charge in [0.2, 0.25) is 16.9 Å². The zero-order valence-electron chi connectivity index (χ0n) is 33.0. The molecule has 0 radical (unpaired) electrons. The predicted octanol–water partition coefficient (Wildman–Crippen LogP) is 10.3. The van der Waals surface area contributed by atoms with Crippen LogP contribution in [0.4, 0.5) is 0 Å². The number of benzene rings is 2. The van der Waals surface area contributed by atoms with E-state index in [0.717, 1.165) is 66.0 Å². The van der Waals surface area contributed by atoms with Crippen LogP contribution in [0.3, 0.4) is 0 Å². The first-order valence-corrected chi connectivity index (χ1v) is 19.4. The highest BCUT2D eigenvalue weighted by Crippen LogP contribution is 2.53. The van der Waals surface area contributed by atoms with Crippen molar-refractivity contribution in [2.75, 3.05) is 0 Å². The third-order valence-electron chi connectivity index (χ3n) is 11.9. The Morgan fingerprint density at radius 2 is 1.62 bits per heavy atom. The standard InChI is InChI=1S/C47H56N4O/c1-12-30(5)28-46(10,11)38-24-23-36-41(48-38)44(52)51-43(49(36)15-4)39-31(6)19-18-22-35(39)40(47(51,13-2)14-3)42-34-21-17-16-20-33(34)37-27-32(25-26-50(37)42)29-45(7,8)9/h15-27,30H,4,12-14,28-29H2,1-3,5-11H3/q+2. The molecule has 5 heterocycles. The third kappa shape index (κ3) is 5.42. The normalized spacial score (nSPS) is 16.7. The first-order chi connectivity index (χ1) is 24.7. The molecule has 0 bridgehead atoms. The van der Waals surface area contributed by atoms with Crippen LogP contribution in [0.5, 0.6) is 0 Å². The van der Waals surface area contributed by atoms with Gasteiger partial charge in [-0.15, -0.1) is 0 Å². The van der Waals surface area contributed by atoms with Crippen LogP contribution in [0.1, 0.15) is 116 Å². The molecule has 52 heavy (non-hydrogen) atoms. The quantitative estimate of drug-likeness (QED) is 0.149. The summed E-state index contributed by atoms with van der Waals surface area (Å²) in [5, 5.41) is 0. The van der Waals surface area contributed by atoms with E-state index in [1.807, 2.05) is 6.20 Å². The molecule has 5 heteroatoms. The smallest absolute Gasteiger partial charge is 0.241 e. The summed E-state index contributed by atoms with van der Waals surface area (Å²) >= 11 is 0. The largest absolute Gasteiger partial charge is 0.364 e. The van der Waals surface area contributed by atoms with Crippen molar-refractivity contribution in [2.24, 2.45) is 11.3 Å². The van der Waals surface area contributed by atoms with Crippen LogP contribution < -0.4 is 14.7 Å². The van der Waals surface area contributed by atoms with Crippen LogP contribution in [0.15, 0.2) is 84.3 Å². The van der Waals surface area contributed by atoms with E-state index < -0.39 is 5.54 Å². The fraction of sp³-hybridized carbons (Fsp3) is 0.404. The van der Waals surface area contributed by atoms with Crippen LogP contribution in [0.2, 0.25) is 0 Å². The van der Waals surface area contributed by atoms with Gasteiger partial charge in [-0.2, -0.15) is 13.7 Å². The molecule has 7 rings (SSSR count). The maximum Gasteiger partial charge on any atom is 0.364 e. The highest BCUT2D eigenvalue weighted by atomic mass is 16.1. The van der Waals surface area contributed by atoms with Gasteiger partial charge in [0.05, 0.1) is 28.5 Å². The van der Waals surface area contributed by atoms with E-state index in [2.05, 4.69) is 162 Å². The Balaban J connectivity index is 1.63. The van der Waals surface area contributed by atoms with Crippen LogP contribution in [0.25, 0.3) is 51.1 Å². The van der Waals surface area contributed by atoms with Crippen LogP contribution in [-0.2, 0) is 17.4 Å². The molecule has 268 valence electrons. The molecule has 2 aliphatic heterocycles. The van der Waals surface area contributed by atoms with Crippen LogP contribution in [-0.4, -0.2) is 9.55 Å². The van der Waals surface area contributed by atoms with E-state index in [4.69, 9.17) is 4.98 Å². The van der Waals surface area contributed by atoms with E-state index in [1.165, 1.54) is 33.5 Å². The molecule has 0 saturated heterocycles. The summed E-state index contributed by atoms with van der Waals surface area (Å²) in [7, 11) is 0. The van der Waals surface area contributed by atoms with E-state index >= 15 is 4.79 Å². The summed E-state index contributed by atoms with van der Waals surface area (Å²) < 4.78 is 6.64. The lowest BCUT2D eigenvalue weighted by Gasteiger charge is -2.38. The van der Waals surface area contributed by atoms with Crippen molar-refractivity contribution in [3.63, 3.8) is 0 Å². The minimum absolute atomic E-state index is 0.0444. The number of hydrogen-bond acceptors (Lipinski definition) is 2. The summed E-state index contributed by atoms with van der Waals surface area (Å²) in [6.45, 7) is 26.9. The number of hydrogen-bond donors (Lipinski definition) is 0. The first kappa shape index (κ1) is 35.7. The molecule has 2 aliphatic rings. The first-order valence-electron chi connectivity index (χ1n) is 19.4. The highest BCUT2D eigenvalue weighted by Gasteiger charge is 2.54. The van der Waals surface area contributed by atoms with E-state index in [1.54, 1.807) is 0 Å².